The van der Waals surface area contributed by atoms with Crippen molar-refractivity contribution < 1.29 is 22.3 Å². The van der Waals surface area contributed by atoms with Crippen LogP contribution in [0.4, 0.5) is 17.6 Å². The molecule has 36 heavy (non-hydrogen) atoms. The van der Waals surface area contributed by atoms with Gasteiger partial charge in [-0.3, -0.25) is 14.2 Å². The smallest absolute Gasteiger partial charge is 0.137 e. The number of nitrogens with zero attached hydrogens (tertiary/aromatic N) is 3. The highest BCUT2D eigenvalue weighted by atomic mass is 19.1. The first-order valence-electron chi connectivity index (χ1n) is 12.5. The van der Waals surface area contributed by atoms with E-state index in [1.807, 2.05) is 28.9 Å². The second-order valence-electron chi connectivity index (χ2n) is 10.6. The van der Waals surface area contributed by atoms with E-state index in [0.717, 1.165) is 10.9 Å². The Balaban J connectivity index is 1.50. The van der Waals surface area contributed by atoms with Gasteiger partial charge in [0, 0.05) is 67.2 Å². The third kappa shape index (κ3) is 4.83. The number of hydrogen-bond acceptors (Lipinski definition) is 4. The Kier molecular flexibility index (Phi) is 6.72. The van der Waals surface area contributed by atoms with Crippen LogP contribution >= 0.6 is 0 Å². The lowest BCUT2D eigenvalue weighted by Gasteiger charge is -2.43. The molecule has 1 saturated heterocycles. The number of likely N-dealkylation sites (tertiary alicyclic amines) is 1. The van der Waals surface area contributed by atoms with Crippen molar-refractivity contribution >= 4 is 11.0 Å². The minimum Gasteiger partial charge on any atom is -0.488 e. The molecule has 1 fully saturated rings. The van der Waals surface area contributed by atoms with Crippen LogP contribution in [0.2, 0.25) is 0 Å². The third-order valence-corrected chi connectivity index (χ3v) is 7.10. The standard InChI is InChI=1S/C27H32F4N4O/c1-16-10-20-19-6-4-8-32-26(19)33-24(20)25(35(16)15-27(2,3)31)23-21(29)11-17(12-22(23)30)36-18-13-34(14-18)9-5-7-28/h4,6,8,11-12,16,18,25H,5,7,9-10,13-15H2,1-3H3,(H,32,33)/t16-,25+/m1/s1. The number of pyridine rings is 1. The van der Waals surface area contributed by atoms with Crippen molar-refractivity contribution in [3.8, 4) is 5.75 Å². The second kappa shape index (κ2) is 9.67. The van der Waals surface area contributed by atoms with E-state index < -0.39 is 23.3 Å². The van der Waals surface area contributed by atoms with E-state index in [2.05, 4.69) is 9.97 Å². The highest BCUT2D eigenvalue weighted by Crippen LogP contribution is 2.43. The molecule has 3 aromatic rings. The van der Waals surface area contributed by atoms with Crippen LogP contribution in [0.3, 0.4) is 0 Å². The molecule has 194 valence electrons. The monoisotopic (exact) mass is 504 g/mol. The highest BCUT2D eigenvalue weighted by Gasteiger charge is 2.41. The molecule has 2 aromatic heterocycles. The molecular formula is C27H32F4N4O. The average molecular weight is 505 g/mol. The Hall–Kier alpha value is -2.65. The highest BCUT2D eigenvalue weighted by molar-refractivity contribution is 5.82. The van der Waals surface area contributed by atoms with E-state index >= 15 is 8.78 Å². The van der Waals surface area contributed by atoms with Crippen LogP contribution in [0.1, 0.15) is 50.1 Å². The van der Waals surface area contributed by atoms with Crippen LogP contribution in [0.15, 0.2) is 30.5 Å². The molecule has 5 nitrogen and oxygen atoms in total. The number of aromatic nitrogens is 2. The molecule has 0 spiro atoms. The Labute approximate surface area is 208 Å². The van der Waals surface area contributed by atoms with Crippen LogP contribution < -0.4 is 4.74 Å². The van der Waals surface area contributed by atoms with Crippen LogP contribution in [0.5, 0.6) is 5.75 Å². The zero-order valence-electron chi connectivity index (χ0n) is 20.8. The fourth-order valence-corrected chi connectivity index (χ4v) is 5.52. The normalized spacial score (nSPS) is 21.5. The Morgan fingerprint density at radius 1 is 1.19 bits per heavy atom. The van der Waals surface area contributed by atoms with Crippen molar-refractivity contribution in [3.63, 3.8) is 0 Å². The lowest BCUT2D eigenvalue weighted by Crippen LogP contribution is -2.53. The maximum Gasteiger partial charge on any atom is 0.137 e. The number of alkyl halides is 2. The Bertz CT molecular complexity index is 1210. The number of rotatable bonds is 8. The number of hydrogen-bond donors (Lipinski definition) is 1. The van der Waals surface area contributed by atoms with Gasteiger partial charge in [0.25, 0.3) is 0 Å². The van der Waals surface area contributed by atoms with Crippen molar-refractivity contribution in [1.82, 2.24) is 19.8 Å². The number of fused-ring (bicyclic) bond motifs is 3. The molecule has 9 heteroatoms. The van der Waals surface area contributed by atoms with Gasteiger partial charge in [-0.15, -0.1) is 0 Å². The predicted octanol–water partition coefficient (Wildman–Crippen LogP) is 5.35. The molecule has 1 aromatic carbocycles. The van der Waals surface area contributed by atoms with Crippen molar-refractivity contribution in [1.29, 1.82) is 0 Å². The lowest BCUT2D eigenvalue weighted by atomic mass is 9.87. The van der Waals surface area contributed by atoms with Gasteiger partial charge in [-0.25, -0.2) is 18.2 Å². The summed E-state index contributed by atoms with van der Waals surface area (Å²) >= 11 is 0. The van der Waals surface area contributed by atoms with Gasteiger partial charge in [0.2, 0.25) is 0 Å². The van der Waals surface area contributed by atoms with Crippen molar-refractivity contribution in [3.05, 3.63) is 58.9 Å². The summed E-state index contributed by atoms with van der Waals surface area (Å²) in [6.07, 6.45) is 2.54. The van der Waals surface area contributed by atoms with Crippen LogP contribution in [-0.2, 0) is 6.42 Å². The van der Waals surface area contributed by atoms with E-state index in [1.165, 1.54) is 26.0 Å². The number of benzene rings is 1. The summed E-state index contributed by atoms with van der Waals surface area (Å²) in [5.74, 6) is -1.36. The summed E-state index contributed by atoms with van der Waals surface area (Å²) in [5, 5.41) is 0.909. The molecule has 0 amide bonds. The van der Waals surface area contributed by atoms with E-state index in [1.54, 1.807) is 6.20 Å². The van der Waals surface area contributed by atoms with E-state index in [9.17, 15) is 8.78 Å². The molecule has 1 N–H and O–H groups in total. The van der Waals surface area contributed by atoms with Gasteiger partial charge >= 0.3 is 0 Å². The van der Waals surface area contributed by atoms with Crippen molar-refractivity contribution in [2.75, 3.05) is 32.9 Å². The van der Waals surface area contributed by atoms with Gasteiger partial charge < -0.3 is 9.72 Å². The van der Waals surface area contributed by atoms with E-state index in [0.29, 0.717) is 43.8 Å². The zero-order valence-corrected chi connectivity index (χ0v) is 20.8. The zero-order chi connectivity index (χ0) is 25.6. The summed E-state index contributed by atoms with van der Waals surface area (Å²) < 4.78 is 64.4. The maximum atomic E-state index is 15.7. The molecule has 0 saturated carbocycles. The van der Waals surface area contributed by atoms with Crippen molar-refractivity contribution in [2.45, 2.75) is 57.5 Å². The van der Waals surface area contributed by atoms with Gasteiger partial charge in [0.05, 0.1) is 12.7 Å². The molecular weight excluding hydrogens is 472 g/mol. The van der Waals surface area contributed by atoms with Crippen LogP contribution in [0.25, 0.3) is 11.0 Å². The minimum absolute atomic E-state index is 0.00892. The van der Waals surface area contributed by atoms with Crippen LogP contribution in [0, 0.1) is 11.6 Å². The largest absolute Gasteiger partial charge is 0.488 e. The lowest BCUT2D eigenvalue weighted by molar-refractivity contribution is 0.0179. The Morgan fingerprint density at radius 2 is 1.92 bits per heavy atom. The summed E-state index contributed by atoms with van der Waals surface area (Å²) in [7, 11) is 0. The molecule has 0 unspecified atom stereocenters. The first-order valence-corrected chi connectivity index (χ1v) is 12.5. The number of H-pyrrole nitrogens is 1. The average Bonchev–Trinajstić information content (AvgIpc) is 3.14. The number of nitrogens with one attached hydrogen (secondary N) is 1. The number of ether oxygens (including phenoxy) is 1. The van der Waals surface area contributed by atoms with Crippen LogP contribution in [-0.4, -0.2) is 70.4 Å². The first kappa shape index (κ1) is 25.0. The molecule has 5 rings (SSSR count). The topological polar surface area (TPSA) is 44.4 Å². The first-order chi connectivity index (χ1) is 17.1. The summed E-state index contributed by atoms with van der Waals surface area (Å²) in [6, 6.07) is 5.19. The van der Waals surface area contributed by atoms with Gasteiger partial charge in [0.15, 0.2) is 0 Å². The van der Waals surface area contributed by atoms with Gasteiger partial charge in [0.1, 0.15) is 34.8 Å². The molecule has 0 radical (unpaired) electrons. The predicted molar refractivity (Wildman–Crippen MR) is 131 cm³/mol. The Morgan fingerprint density at radius 3 is 2.58 bits per heavy atom. The van der Waals surface area contributed by atoms with Gasteiger partial charge in [-0.05, 0) is 51.3 Å². The molecule has 0 bridgehead atoms. The number of aromatic amines is 1. The molecule has 4 heterocycles. The van der Waals surface area contributed by atoms with E-state index in [4.69, 9.17) is 4.74 Å². The summed E-state index contributed by atoms with van der Waals surface area (Å²) in [4.78, 5) is 11.5. The minimum atomic E-state index is -1.57. The summed E-state index contributed by atoms with van der Waals surface area (Å²) in [5.41, 5.74) is 0.529. The summed E-state index contributed by atoms with van der Waals surface area (Å²) in [6.45, 7) is 6.36. The van der Waals surface area contributed by atoms with E-state index in [-0.39, 0.29) is 36.7 Å². The fourth-order valence-electron chi connectivity index (χ4n) is 5.52. The second-order valence-corrected chi connectivity index (χ2v) is 10.6. The molecule has 0 aliphatic carbocycles. The molecule has 2 aliphatic heterocycles. The maximum absolute atomic E-state index is 15.7. The fraction of sp³-hybridized carbons (Fsp3) is 0.519. The SMILES string of the molecule is C[C@@H]1Cc2c([nH]c3ncccc23)[C@H](c2c(F)cc(OC3CN(CCCF)C3)cc2F)N1CC(C)(C)F. The third-order valence-electron chi connectivity index (χ3n) is 7.10. The molecule has 2 atom stereocenters. The van der Waals surface area contributed by atoms with Gasteiger partial charge in [-0.2, -0.15) is 0 Å². The quantitative estimate of drug-likeness (QED) is 0.420. The van der Waals surface area contributed by atoms with Crippen molar-refractivity contribution in [2.24, 2.45) is 0 Å². The molecule has 2 aliphatic rings. The van der Waals surface area contributed by atoms with Gasteiger partial charge in [-0.1, -0.05) is 0 Å². The number of halogens is 4.